The molecular weight excluding hydrogens is 307 g/mol. The molecule has 0 aliphatic carbocycles. The zero-order chi connectivity index (χ0) is 15.0. The van der Waals surface area contributed by atoms with Crippen LogP contribution in [0.5, 0.6) is 5.75 Å². The topological polar surface area (TPSA) is 26.3 Å². The summed E-state index contributed by atoms with van der Waals surface area (Å²) in [5.41, 5.74) is 3.47. The molecule has 3 rings (SSSR count). The SMILES string of the molecule is Cc1ccc(C(=O)Cc2cc(Cl)cc3c2OCC3)c(Cl)c1. The summed E-state index contributed by atoms with van der Waals surface area (Å²) in [5, 5.41) is 1.12. The maximum absolute atomic E-state index is 12.5. The fourth-order valence-corrected chi connectivity index (χ4v) is 3.20. The monoisotopic (exact) mass is 320 g/mol. The first-order valence-electron chi connectivity index (χ1n) is 6.78. The largest absolute Gasteiger partial charge is 0.493 e. The maximum Gasteiger partial charge on any atom is 0.168 e. The maximum atomic E-state index is 12.5. The number of carbonyl (C=O) groups is 1. The third-order valence-electron chi connectivity index (χ3n) is 3.60. The molecule has 1 heterocycles. The van der Waals surface area contributed by atoms with Crippen molar-refractivity contribution in [3.8, 4) is 5.75 Å². The zero-order valence-electron chi connectivity index (χ0n) is 11.6. The summed E-state index contributed by atoms with van der Waals surface area (Å²) in [5.74, 6) is 0.774. The van der Waals surface area contributed by atoms with Crippen LogP contribution in [0.15, 0.2) is 30.3 Å². The van der Waals surface area contributed by atoms with Crippen LogP contribution in [0.25, 0.3) is 0 Å². The van der Waals surface area contributed by atoms with E-state index in [1.807, 2.05) is 19.1 Å². The number of ketones is 1. The third-order valence-corrected chi connectivity index (χ3v) is 4.13. The van der Waals surface area contributed by atoms with Crippen molar-refractivity contribution in [2.24, 2.45) is 0 Å². The summed E-state index contributed by atoms with van der Waals surface area (Å²) in [6, 6.07) is 9.15. The van der Waals surface area contributed by atoms with Gasteiger partial charge in [0.1, 0.15) is 5.75 Å². The summed E-state index contributed by atoms with van der Waals surface area (Å²) in [6.07, 6.45) is 1.08. The number of aryl methyl sites for hydroxylation is 1. The predicted molar refractivity (Wildman–Crippen MR) is 84.9 cm³/mol. The summed E-state index contributed by atoms with van der Waals surface area (Å²) >= 11 is 12.3. The second kappa shape index (κ2) is 5.70. The Kier molecular flexibility index (Phi) is 3.92. The van der Waals surface area contributed by atoms with Crippen LogP contribution in [0.1, 0.15) is 27.0 Å². The number of rotatable bonds is 3. The third kappa shape index (κ3) is 2.92. The Labute approximate surface area is 133 Å². The Balaban J connectivity index is 1.92. The van der Waals surface area contributed by atoms with Crippen LogP contribution in [0.4, 0.5) is 0 Å². The molecule has 0 saturated heterocycles. The fraction of sp³-hybridized carbons (Fsp3) is 0.235. The van der Waals surface area contributed by atoms with Gasteiger partial charge in [0.15, 0.2) is 5.78 Å². The molecule has 1 aliphatic heterocycles. The van der Waals surface area contributed by atoms with E-state index in [1.165, 1.54) is 0 Å². The van der Waals surface area contributed by atoms with E-state index in [2.05, 4.69) is 0 Å². The molecule has 4 heteroatoms. The van der Waals surface area contributed by atoms with E-state index in [9.17, 15) is 4.79 Å². The van der Waals surface area contributed by atoms with Crippen LogP contribution >= 0.6 is 23.2 Å². The van der Waals surface area contributed by atoms with Crippen LogP contribution in [0.3, 0.4) is 0 Å². The first-order chi connectivity index (χ1) is 10.0. The molecule has 2 nitrogen and oxygen atoms in total. The molecule has 21 heavy (non-hydrogen) atoms. The van der Waals surface area contributed by atoms with Crippen molar-refractivity contribution >= 4 is 29.0 Å². The molecule has 2 aromatic carbocycles. The lowest BCUT2D eigenvalue weighted by atomic mass is 9.99. The van der Waals surface area contributed by atoms with Gasteiger partial charge < -0.3 is 4.74 Å². The minimum atomic E-state index is -0.0278. The van der Waals surface area contributed by atoms with Gasteiger partial charge in [0.05, 0.1) is 11.6 Å². The van der Waals surface area contributed by atoms with E-state index in [1.54, 1.807) is 18.2 Å². The number of ether oxygens (including phenoxy) is 1. The molecule has 0 atom stereocenters. The van der Waals surface area contributed by atoms with Crippen LogP contribution in [-0.4, -0.2) is 12.4 Å². The number of hydrogen-bond donors (Lipinski definition) is 0. The van der Waals surface area contributed by atoms with Crippen molar-refractivity contribution in [3.05, 3.63) is 62.6 Å². The van der Waals surface area contributed by atoms with Gasteiger partial charge >= 0.3 is 0 Å². The number of fused-ring (bicyclic) bond motifs is 1. The molecular formula is C17H14Cl2O2. The highest BCUT2D eigenvalue weighted by atomic mass is 35.5. The quantitative estimate of drug-likeness (QED) is 0.769. The van der Waals surface area contributed by atoms with E-state index >= 15 is 0 Å². The minimum Gasteiger partial charge on any atom is -0.493 e. The lowest BCUT2D eigenvalue weighted by Crippen LogP contribution is -2.06. The summed E-state index contributed by atoms with van der Waals surface area (Å²) < 4.78 is 5.63. The highest BCUT2D eigenvalue weighted by Gasteiger charge is 2.20. The molecule has 0 saturated carbocycles. The summed E-state index contributed by atoms with van der Waals surface area (Å²) in [7, 11) is 0. The van der Waals surface area contributed by atoms with Crippen LogP contribution < -0.4 is 4.74 Å². The van der Waals surface area contributed by atoms with Gasteiger partial charge in [-0.15, -0.1) is 0 Å². The van der Waals surface area contributed by atoms with Gasteiger partial charge in [0.25, 0.3) is 0 Å². The molecule has 2 aromatic rings. The average Bonchev–Trinajstić information content (AvgIpc) is 2.86. The fourth-order valence-electron chi connectivity index (χ4n) is 2.59. The molecule has 0 unspecified atom stereocenters. The van der Waals surface area contributed by atoms with Crippen molar-refractivity contribution in [1.29, 1.82) is 0 Å². The van der Waals surface area contributed by atoms with Gasteiger partial charge in [-0.1, -0.05) is 29.3 Å². The average molecular weight is 321 g/mol. The Morgan fingerprint density at radius 1 is 1.24 bits per heavy atom. The van der Waals surface area contributed by atoms with E-state index < -0.39 is 0 Å². The number of benzene rings is 2. The van der Waals surface area contributed by atoms with E-state index in [0.717, 1.165) is 28.9 Å². The summed E-state index contributed by atoms with van der Waals surface area (Å²) in [4.78, 5) is 12.5. The van der Waals surface area contributed by atoms with E-state index in [0.29, 0.717) is 22.2 Å². The Morgan fingerprint density at radius 2 is 2.05 bits per heavy atom. The zero-order valence-corrected chi connectivity index (χ0v) is 13.1. The van der Waals surface area contributed by atoms with Crippen molar-refractivity contribution in [1.82, 2.24) is 0 Å². The van der Waals surface area contributed by atoms with Gasteiger partial charge in [-0.3, -0.25) is 4.79 Å². The number of carbonyl (C=O) groups excluding carboxylic acids is 1. The molecule has 0 aromatic heterocycles. The van der Waals surface area contributed by atoms with Gasteiger partial charge in [0, 0.05) is 29.0 Å². The number of Topliss-reactive ketones (excluding diaryl/α,β-unsaturated/α-hetero) is 1. The Hall–Kier alpha value is -1.51. The predicted octanol–water partition coefficient (Wildman–Crippen LogP) is 4.66. The van der Waals surface area contributed by atoms with Gasteiger partial charge in [0.2, 0.25) is 0 Å². The van der Waals surface area contributed by atoms with Crippen molar-refractivity contribution in [3.63, 3.8) is 0 Å². The molecule has 0 amide bonds. The van der Waals surface area contributed by atoms with Gasteiger partial charge in [-0.2, -0.15) is 0 Å². The number of halogens is 2. The highest BCUT2D eigenvalue weighted by Crippen LogP contribution is 2.34. The Morgan fingerprint density at radius 3 is 2.81 bits per heavy atom. The molecule has 0 radical (unpaired) electrons. The van der Waals surface area contributed by atoms with Gasteiger partial charge in [-0.05, 0) is 42.3 Å². The molecule has 0 bridgehead atoms. The van der Waals surface area contributed by atoms with Crippen LogP contribution in [0, 0.1) is 6.92 Å². The Bertz CT molecular complexity index is 723. The lowest BCUT2D eigenvalue weighted by Gasteiger charge is -2.09. The smallest absolute Gasteiger partial charge is 0.168 e. The standard InChI is InChI=1S/C17H14Cl2O2/c1-10-2-3-14(15(19)6-10)16(20)9-12-8-13(18)7-11-4-5-21-17(11)12/h2-3,6-8H,4-5,9H2,1H3. The van der Waals surface area contributed by atoms with E-state index in [-0.39, 0.29) is 12.2 Å². The minimum absolute atomic E-state index is 0.0278. The molecule has 108 valence electrons. The molecule has 0 spiro atoms. The first-order valence-corrected chi connectivity index (χ1v) is 7.53. The molecule has 1 aliphatic rings. The van der Waals surface area contributed by atoms with Gasteiger partial charge in [-0.25, -0.2) is 0 Å². The number of hydrogen-bond acceptors (Lipinski definition) is 2. The van der Waals surface area contributed by atoms with E-state index in [4.69, 9.17) is 27.9 Å². The van der Waals surface area contributed by atoms with Crippen molar-refractivity contribution in [2.45, 2.75) is 19.8 Å². The second-order valence-corrected chi connectivity index (χ2v) is 6.08. The summed E-state index contributed by atoms with van der Waals surface area (Å²) in [6.45, 7) is 2.58. The normalized spacial score (nSPS) is 12.9. The lowest BCUT2D eigenvalue weighted by molar-refractivity contribution is 0.0992. The van der Waals surface area contributed by atoms with Crippen LogP contribution in [-0.2, 0) is 12.8 Å². The second-order valence-electron chi connectivity index (χ2n) is 5.23. The molecule has 0 N–H and O–H groups in total. The van der Waals surface area contributed by atoms with Crippen molar-refractivity contribution < 1.29 is 9.53 Å². The van der Waals surface area contributed by atoms with Crippen molar-refractivity contribution in [2.75, 3.05) is 6.61 Å². The highest BCUT2D eigenvalue weighted by molar-refractivity contribution is 6.34. The van der Waals surface area contributed by atoms with Crippen LogP contribution in [0.2, 0.25) is 10.0 Å². The first kappa shape index (κ1) is 14.4. The molecule has 0 fully saturated rings.